The number of benzene rings is 1. The number of aromatic nitrogens is 4. The first-order valence-electron chi connectivity index (χ1n) is 8.34. The van der Waals surface area contributed by atoms with Gasteiger partial charge in [-0.05, 0) is 76.3 Å². The zero-order chi connectivity index (χ0) is 18.8. The molecule has 0 radical (unpaired) electrons. The third-order valence-electron chi connectivity index (χ3n) is 4.35. The fourth-order valence-electron chi connectivity index (χ4n) is 2.91. The van der Waals surface area contributed by atoms with Crippen LogP contribution in [0.5, 0.6) is 5.88 Å². The predicted octanol–water partition coefficient (Wildman–Crippen LogP) is 2.16. The largest absolute Gasteiger partial charge is 0.474 e. The number of hydrogen-bond donors (Lipinski definition) is 1. The molecule has 9 nitrogen and oxygen atoms in total. The molecular weight excluding hydrogens is 425 g/mol. The van der Waals surface area contributed by atoms with Crippen LogP contribution in [0.4, 0.5) is 4.39 Å². The molecule has 0 saturated carbocycles. The van der Waals surface area contributed by atoms with Crippen LogP contribution in [0.15, 0.2) is 36.6 Å². The molecule has 1 aliphatic heterocycles. The molecule has 0 aliphatic carbocycles. The van der Waals surface area contributed by atoms with Gasteiger partial charge in [-0.25, -0.2) is 18.4 Å². The Hall–Kier alpha value is -2.53. The Morgan fingerprint density at radius 3 is 2.89 bits per heavy atom. The van der Waals surface area contributed by atoms with Crippen molar-refractivity contribution in [2.24, 2.45) is 5.92 Å². The first-order chi connectivity index (χ1) is 13.1. The van der Waals surface area contributed by atoms with Crippen LogP contribution in [0.2, 0.25) is 0 Å². The van der Waals surface area contributed by atoms with Crippen molar-refractivity contribution in [2.75, 3.05) is 19.7 Å². The molecule has 3 heterocycles. The Kier molecular flexibility index (Phi) is 5.03. The van der Waals surface area contributed by atoms with E-state index >= 15 is 0 Å². The van der Waals surface area contributed by atoms with E-state index in [-0.39, 0.29) is 21.9 Å². The van der Waals surface area contributed by atoms with Gasteiger partial charge in [-0.3, -0.25) is 4.52 Å². The molecule has 2 aromatic heterocycles. The number of rotatable bonds is 5. The van der Waals surface area contributed by atoms with E-state index in [0.717, 1.165) is 30.5 Å². The molecule has 1 aromatic carbocycles. The lowest BCUT2D eigenvalue weighted by Gasteiger charge is -2.21. The summed E-state index contributed by atoms with van der Waals surface area (Å²) in [5.41, 5.74) is 0.479. The quantitative estimate of drug-likeness (QED) is 0.643. The molecule has 1 N–H and O–H groups in total. The molecular formula is C16H15BrFN5O4. The third-order valence-corrected chi connectivity index (χ3v) is 4.96. The van der Waals surface area contributed by atoms with E-state index in [4.69, 9.17) is 13.9 Å². The minimum Gasteiger partial charge on any atom is -0.474 e. The number of ether oxygens (including phenoxy) is 1. The van der Waals surface area contributed by atoms with Crippen LogP contribution in [0.3, 0.4) is 0 Å². The van der Waals surface area contributed by atoms with Gasteiger partial charge in [0.15, 0.2) is 0 Å². The fourth-order valence-corrected chi connectivity index (χ4v) is 3.28. The maximum absolute atomic E-state index is 13.5. The first-order valence-corrected chi connectivity index (χ1v) is 9.13. The summed E-state index contributed by atoms with van der Waals surface area (Å²) in [7, 11) is 0. The van der Waals surface area contributed by atoms with Crippen molar-refractivity contribution < 1.29 is 18.3 Å². The molecule has 0 atom stereocenters. The van der Waals surface area contributed by atoms with Crippen molar-refractivity contribution in [1.29, 1.82) is 0 Å². The maximum Gasteiger partial charge on any atom is 0.446 e. The van der Waals surface area contributed by atoms with Gasteiger partial charge in [-0.1, -0.05) is 5.16 Å². The van der Waals surface area contributed by atoms with E-state index in [1.165, 1.54) is 18.2 Å². The lowest BCUT2D eigenvalue weighted by Crippen LogP contribution is -2.30. The SMILES string of the molecule is O=c1onc(-c2nonc2OCC2CCNCC2)n1-c1ccc(F)c(Br)c1. The van der Waals surface area contributed by atoms with E-state index in [9.17, 15) is 9.18 Å². The van der Waals surface area contributed by atoms with E-state index in [0.29, 0.717) is 18.2 Å². The number of piperidine rings is 1. The van der Waals surface area contributed by atoms with E-state index in [1.54, 1.807) is 0 Å². The average Bonchev–Trinajstić information content (AvgIpc) is 3.29. The number of nitrogens with zero attached hydrogens (tertiary/aromatic N) is 4. The van der Waals surface area contributed by atoms with E-state index in [2.05, 4.69) is 36.7 Å². The molecule has 27 heavy (non-hydrogen) atoms. The highest BCUT2D eigenvalue weighted by molar-refractivity contribution is 9.10. The van der Waals surface area contributed by atoms with Gasteiger partial charge < -0.3 is 10.1 Å². The minimum absolute atomic E-state index is 0.0556. The molecule has 1 saturated heterocycles. The second kappa shape index (κ2) is 7.61. The average molecular weight is 440 g/mol. The van der Waals surface area contributed by atoms with Gasteiger partial charge in [0.05, 0.1) is 16.8 Å². The highest BCUT2D eigenvalue weighted by atomic mass is 79.9. The number of nitrogens with one attached hydrogen (secondary N) is 1. The Balaban J connectivity index is 1.64. The molecule has 1 fully saturated rings. The monoisotopic (exact) mass is 439 g/mol. The summed E-state index contributed by atoms with van der Waals surface area (Å²) in [4.78, 5) is 12.1. The number of halogens is 2. The maximum atomic E-state index is 13.5. The highest BCUT2D eigenvalue weighted by Gasteiger charge is 2.25. The summed E-state index contributed by atoms with van der Waals surface area (Å²) in [6.07, 6.45) is 2.00. The zero-order valence-electron chi connectivity index (χ0n) is 14.0. The second-order valence-electron chi connectivity index (χ2n) is 6.13. The van der Waals surface area contributed by atoms with Crippen molar-refractivity contribution in [3.8, 4) is 23.1 Å². The van der Waals surface area contributed by atoms with Crippen molar-refractivity contribution in [3.05, 3.63) is 39.0 Å². The van der Waals surface area contributed by atoms with Crippen LogP contribution in [0, 0.1) is 11.7 Å². The predicted molar refractivity (Wildman–Crippen MR) is 94.1 cm³/mol. The number of hydrogen-bond acceptors (Lipinski definition) is 8. The molecule has 0 spiro atoms. The lowest BCUT2D eigenvalue weighted by molar-refractivity contribution is 0.196. The van der Waals surface area contributed by atoms with Crippen LogP contribution in [-0.2, 0) is 0 Å². The van der Waals surface area contributed by atoms with Gasteiger partial charge in [-0.2, -0.15) is 0 Å². The Bertz CT molecular complexity index is 995. The van der Waals surface area contributed by atoms with Gasteiger partial charge in [0.2, 0.25) is 11.5 Å². The van der Waals surface area contributed by atoms with Gasteiger partial charge >= 0.3 is 5.76 Å². The topological polar surface area (TPSA) is 108 Å². The van der Waals surface area contributed by atoms with Gasteiger partial charge in [0, 0.05) is 0 Å². The lowest BCUT2D eigenvalue weighted by atomic mass is 9.99. The molecule has 1 aliphatic rings. The zero-order valence-corrected chi connectivity index (χ0v) is 15.6. The molecule has 11 heteroatoms. The first kappa shape index (κ1) is 17.9. The summed E-state index contributed by atoms with van der Waals surface area (Å²) in [5, 5.41) is 14.6. The standard InChI is InChI=1S/C16H15BrFN5O4/c17-11-7-10(1-2-12(11)18)23-14(21-26-16(23)24)13-15(22-27-20-13)25-8-9-3-5-19-6-4-9/h1-2,7,9,19H,3-6,8H2. The van der Waals surface area contributed by atoms with Crippen molar-refractivity contribution in [1.82, 2.24) is 25.4 Å². The third kappa shape index (κ3) is 3.65. The summed E-state index contributed by atoms with van der Waals surface area (Å²) in [6, 6.07) is 4.07. The Morgan fingerprint density at radius 1 is 1.30 bits per heavy atom. The van der Waals surface area contributed by atoms with E-state index in [1.807, 2.05) is 0 Å². The van der Waals surface area contributed by atoms with Crippen LogP contribution < -0.4 is 15.8 Å². The summed E-state index contributed by atoms with van der Waals surface area (Å²) >= 11 is 3.10. The normalized spacial score (nSPS) is 15.2. The second-order valence-corrected chi connectivity index (χ2v) is 6.98. The summed E-state index contributed by atoms with van der Waals surface area (Å²) < 4.78 is 30.2. The van der Waals surface area contributed by atoms with Gasteiger partial charge in [0.25, 0.3) is 5.88 Å². The van der Waals surface area contributed by atoms with E-state index < -0.39 is 11.6 Å². The molecule has 4 rings (SSSR count). The fraction of sp³-hybridized carbons (Fsp3) is 0.375. The van der Waals surface area contributed by atoms with Gasteiger partial charge in [-0.15, -0.1) is 0 Å². The molecule has 0 unspecified atom stereocenters. The molecule has 142 valence electrons. The minimum atomic E-state index is -0.754. The molecule has 0 bridgehead atoms. The van der Waals surface area contributed by atoms with Crippen molar-refractivity contribution in [2.45, 2.75) is 12.8 Å². The smallest absolute Gasteiger partial charge is 0.446 e. The van der Waals surface area contributed by atoms with Crippen molar-refractivity contribution in [3.63, 3.8) is 0 Å². The highest BCUT2D eigenvalue weighted by Crippen LogP contribution is 2.28. The summed E-state index contributed by atoms with van der Waals surface area (Å²) in [5.74, 6) is -0.644. The van der Waals surface area contributed by atoms with Crippen molar-refractivity contribution >= 4 is 15.9 Å². The summed E-state index contributed by atoms with van der Waals surface area (Å²) in [6.45, 7) is 2.34. The Labute approximate surface area is 160 Å². The van der Waals surface area contributed by atoms with Crippen LogP contribution >= 0.6 is 15.9 Å². The van der Waals surface area contributed by atoms with Crippen LogP contribution in [-0.4, -0.2) is 39.7 Å². The Morgan fingerprint density at radius 2 is 2.11 bits per heavy atom. The molecule has 3 aromatic rings. The van der Waals surface area contributed by atoms with Gasteiger partial charge in [0.1, 0.15) is 5.82 Å². The van der Waals surface area contributed by atoms with Crippen LogP contribution in [0.25, 0.3) is 17.2 Å². The van der Waals surface area contributed by atoms with Crippen LogP contribution in [0.1, 0.15) is 12.8 Å². The molecule has 0 amide bonds.